The minimum atomic E-state index is -0.516. The Morgan fingerprint density at radius 3 is 2.62 bits per heavy atom. The lowest BCUT2D eigenvalue weighted by Gasteiger charge is -2.52. The number of hydrogen-bond donors (Lipinski definition) is 2. The molecule has 0 saturated heterocycles. The van der Waals surface area contributed by atoms with Crippen molar-refractivity contribution >= 4 is 11.7 Å². The molecule has 0 atom stereocenters. The van der Waals surface area contributed by atoms with Crippen molar-refractivity contribution in [2.45, 2.75) is 57.2 Å². The molecule has 2 aliphatic rings. The zero-order valence-corrected chi connectivity index (χ0v) is 14.4. The molecule has 0 aromatic carbocycles. The largest absolute Gasteiger partial charge is 0.367 e. The molecular formula is C17H22FN7O. The van der Waals surface area contributed by atoms with Crippen molar-refractivity contribution in [1.82, 2.24) is 30.3 Å². The molecule has 8 nitrogen and oxygen atoms in total. The lowest BCUT2D eigenvalue weighted by Crippen LogP contribution is -2.50. The van der Waals surface area contributed by atoms with E-state index in [1.54, 1.807) is 12.4 Å². The molecule has 26 heavy (non-hydrogen) atoms. The number of carbonyl (C=O) groups excluding carboxylic acids is 1. The van der Waals surface area contributed by atoms with Crippen molar-refractivity contribution in [1.29, 1.82) is 0 Å². The van der Waals surface area contributed by atoms with E-state index in [1.165, 1.54) is 17.2 Å². The van der Waals surface area contributed by atoms with E-state index < -0.39 is 5.95 Å². The normalized spacial score (nSPS) is 27.7. The molecule has 0 aliphatic heterocycles. The van der Waals surface area contributed by atoms with E-state index in [0.29, 0.717) is 17.3 Å². The van der Waals surface area contributed by atoms with Crippen LogP contribution in [-0.2, 0) is 11.3 Å². The van der Waals surface area contributed by atoms with E-state index in [0.717, 1.165) is 38.5 Å². The molecule has 2 fully saturated rings. The first-order valence-corrected chi connectivity index (χ1v) is 8.98. The van der Waals surface area contributed by atoms with Crippen molar-refractivity contribution < 1.29 is 9.18 Å². The van der Waals surface area contributed by atoms with Crippen LogP contribution in [0.15, 0.2) is 24.8 Å². The number of nitrogens with one attached hydrogen (secondary N) is 2. The van der Waals surface area contributed by atoms with Crippen molar-refractivity contribution in [2.24, 2.45) is 5.41 Å². The van der Waals surface area contributed by atoms with Gasteiger partial charge in [0.15, 0.2) is 0 Å². The maximum Gasteiger partial charge on any atom is 0.243 e. The van der Waals surface area contributed by atoms with Gasteiger partial charge in [-0.25, -0.2) is 9.97 Å². The number of rotatable bonds is 5. The first-order chi connectivity index (χ1) is 12.6. The van der Waals surface area contributed by atoms with Gasteiger partial charge in [0.1, 0.15) is 18.7 Å². The van der Waals surface area contributed by atoms with Crippen LogP contribution in [0, 0.1) is 11.4 Å². The SMILES string of the molecule is O=C(Cn1nccn1)NC1CCC2(CC1)CC(Nc1cc(F)ncn1)C2. The highest BCUT2D eigenvalue weighted by Crippen LogP contribution is 2.52. The summed E-state index contributed by atoms with van der Waals surface area (Å²) in [5.74, 6) is -0.00952. The third-order valence-corrected chi connectivity index (χ3v) is 5.51. The standard InChI is InChI=1S/C17H22FN7O/c18-14-7-15(20-11-19-14)23-13-8-17(9-13)3-1-12(2-4-17)24-16(26)10-25-21-5-6-22-25/h5-7,11-13H,1-4,8-10H2,(H,24,26)(H,19,20,23). The van der Waals surface area contributed by atoms with Gasteiger partial charge in [-0.1, -0.05) is 0 Å². The first-order valence-electron chi connectivity index (χ1n) is 8.98. The first kappa shape index (κ1) is 16.9. The monoisotopic (exact) mass is 359 g/mol. The van der Waals surface area contributed by atoms with Crippen LogP contribution in [0.5, 0.6) is 0 Å². The predicted molar refractivity (Wildman–Crippen MR) is 91.5 cm³/mol. The van der Waals surface area contributed by atoms with Crippen LogP contribution in [0.1, 0.15) is 38.5 Å². The number of anilines is 1. The third-order valence-electron chi connectivity index (χ3n) is 5.51. The quantitative estimate of drug-likeness (QED) is 0.786. The van der Waals surface area contributed by atoms with Crippen molar-refractivity contribution in [3.8, 4) is 0 Å². The lowest BCUT2D eigenvalue weighted by molar-refractivity contribution is -0.123. The van der Waals surface area contributed by atoms with Gasteiger partial charge in [0.25, 0.3) is 0 Å². The van der Waals surface area contributed by atoms with Crippen LogP contribution in [0.25, 0.3) is 0 Å². The molecule has 2 heterocycles. The number of aromatic nitrogens is 5. The molecule has 0 bridgehead atoms. The fraction of sp³-hybridized carbons (Fsp3) is 0.588. The third kappa shape index (κ3) is 3.81. The van der Waals surface area contributed by atoms with Gasteiger partial charge >= 0.3 is 0 Å². The molecule has 2 saturated carbocycles. The summed E-state index contributed by atoms with van der Waals surface area (Å²) in [7, 11) is 0. The Labute approximate surface area is 150 Å². The Hall–Kier alpha value is -2.58. The summed E-state index contributed by atoms with van der Waals surface area (Å²) >= 11 is 0. The molecule has 4 rings (SSSR count). The van der Waals surface area contributed by atoms with Crippen molar-refractivity contribution in [3.05, 3.63) is 30.7 Å². The van der Waals surface area contributed by atoms with E-state index in [9.17, 15) is 9.18 Å². The number of nitrogens with zero attached hydrogens (tertiary/aromatic N) is 5. The van der Waals surface area contributed by atoms with Crippen LogP contribution in [0.3, 0.4) is 0 Å². The summed E-state index contributed by atoms with van der Waals surface area (Å²) < 4.78 is 13.1. The molecule has 2 aromatic heterocycles. The maximum absolute atomic E-state index is 13.1. The van der Waals surface area contributed by atoms with E-state index in [1.807, 2.05) is 0 Å². The summed E-state index contributed by atoms with van der Waals surface area (Å²) in [5, 5.41) is 14.3. The molecule has 2 aliphatic carbocycles. The molecule has 2 N–H and O–H groups in total. The second-order valence-electron chi connectivity index (χ2n) is 7.38. The predicted octanol–water partition coefficient (Wildman–Crippen LogP) is 1.53. The van der Waals surface area contributed by atoms with Gasteiger partial charge in [-0.2, -0.15) is 19.4 Å². The topological polar surface area (TPSA) is 97.6 Å². The molecule has 0 unspecified atom stereocenters. The highest BCUT2D eigenvalue weighted by molar-refractivity contribution is 5.75. The Morgan fingerprint density at radius 2 is 1.92 bits per heavy atom. The molecule has 138 valence electrons. The summed E-state index contributed by atoms with van der Waals surface area (Å²) in [6, 6.07) is 1.89. The van der Waals surface area contributed by atoms with Crippen LogP contribution in [-0.4, -0.2) is 43.0 Å². The van der Waals surface area contributed by atoms with Crippen molar-refractivity contribution in [3.63, 3.8) is 0 Å². The minimum absolute atomic E-state index is 0.0407. The Kier molecular flexibility index (Phi) is 4.52. The fourth-order valence-corrected chi connectivity index (χ4v) is 4.22. The summed E-state index contributed by atoms with van der Waals surface area (Å²) in [6.07, 6.45) is 10.7. The van der Waals surface area contributed by atoms with E-state index >= 15 is 0 Å². The second kappa shape index (κ2) is 6.97. The molecule has 9 heteroatoms. The smallest absolute Gasteiger partial charge is 0.243 e. The van der Waals surface area contributed by atoms with Gasteiger partial charge in [-0.3, -0.25) is 4.79 Å². The fourth-order valence-electron chi connectivity index (χ4n) is 4.22. The summed E-state index contributed by atoms with van der Waals surface area (Å²) in [4.78, 5) is 20.9. The maximum atomic E-state index is 13.1. The van der Waals surface area contributed by atoms with E-state index in [2.05, 4.69) is 30.8 Å². The zero-order chi connectivity index (χ0) is 18.0. The van der Waals surface area contributed by atoms with Gasteiger partial charge < -0.3 is 10.6 Å². The van der Waals surface area contributed by atoms with Gasteiger partial charge in [0.05, 0.1) is 12.4 Å². The number of amides is 1. The highest BCUT2D eigenvalue weighted by atomic mass is 19.1. The summed E-state index contributed by atoms with van der Waals surface area (Å²) in [5.41, 5.74) is 0.355. The minimum Gasteiger partial charge on any atom is -0.367 e. The zero-order valence-electron chi connectivity index (χ0n) is 14.4. The molecule has 2 aromatic rings. The Morgan fingerprint density at radius 1 is 1.19 bits per heavy atom. The number of hydrogen-bond acceptors (Lipinski definition) is 6. The van der Waals surface area contributed by atoms with Gasteiger partial charge in [-0.15, -0.1) is 0 Å². The van der Waals surface area contributed by atoms with E-state index in [-0.39, 0.29) is 18.5 Å². The Bertz CT molecular complexity index is 750. The van der Waals surface area contributed by atoms with Crippen LogP contribution < -0.4 is 10.6 Å². The van der Waals surface area contributed by atoms with Crippen LogP contribution in [0.4, 0.5) is 10.2 Å². The van der Waals surface area contributed by atoms with Crippen molar-refractivity contribution in [2.75, 3.05) is 5.32 Å². The summed E-state index contributed by atoms with van der Waals surface area (Å²) in [6.45, 7) is 0.163. The van der Waals surface area contributed by atoms with Gasteiger partial charge in [0, 0.05) is 18.2 Å². The highest BCUT2D eigenvalue weighted by Gasteiger charge is 2.46. The molecule has 0 radical (unpaired) electrons. The average molecular weight is 359 g/mol. The lowest BCUT2D eigenvalue weighted by atomic mass is 9.57. The average Bonchev–Trinajstić information content (AvgIpc) is 3.08. The molecule has 1 amide bonds. The number of carbonyl (C=O) groups is 1. The van der Waals surface area contributed by atoms with Crippen LogP contribution in [0.2, 0.25) is 0 Å². The van der Waals surface area contributed by atoms with Crippen LogP contribution >= 0.6 is 0 Å². The van der Waals surface area contributed by atoms with E-state index in [4.69, 9.17) is 0 Å². The Balaban J connectivity index is 1.20. The van der Waals surface area contributed by atoms with Gasteiger partial charge in [0.2, 0.25) is 11.9 Å². The molecule has 1 spiro atoms. The second-order valence-corrected chi connectivity index (χ2v) is 7.38. The number of halogens is 1. The molecular weight excluding hydrogens is 337 g/mol. The van der Waals surface area contributed by atoms with Gasteiger partial charge in [-0.05, 0) is 43.9 Å².